The molecule has 2 aromatic rings. The smallest absolute Gasteiger partial charge is 0.0745 e. The van der Waals surface area contributed by atoms with Gasteiger partial charge in [-0.1, -0.05) is 12.1 Å². The second-order valence-corrected chi connectivity index (χ2v) is 6.00. The normalized spacial score (nSPS) is 7.97. The van der Waals surface area contributed by atoms with Gasteiger partial charge in [0, 0.05) is 0 Å². The van der Waals surface area contributed by atoms with Gasteiger partial charge in [0.05, 0.1) is 0 Å². The molecule has 0 unspecified atom stereocenters. The van der Waals surface area contributed by atoms with Gasteiger partial charge in [-0.3, -0.25) is 6.08 Å². The van der Waals surface area contributed by atoms with Crippen LogP contribution in [0.2, 0.25) is 0 Å². The van der Waals surface area contributed by atoms with Gasteiger partial charge >= 0.3 is 30.2 Å². The summed E-state index contributed by atoms with van der Waals surface area (Å²) in [4.78, 5) is 2.99. The fraction of sp³-hybridized carbons (Fsp3) is 0.259. The number of aromatic amines is 1. The molecule has 0 fully saturated rings. The molecule has 1 aromatic carbocycles. The standard InChI is InChI=1S/C8H6N.C5H5.2C4H9.6CH3.2ClH.Si.Zr/c1-2-4-8-7(3-1)5-6-9-8;1-2-4-5-3-1;2*1-4(2)3;;;;;;;;;;/h1-5,9H;1-3H,4H2;2*1-3H3;6*1H3;2*1H;;/q10*-1;;;;. The van der Waals surface area contributed by atoms with Crippen molar-refractivity contribution in [1.82, 2.24) is 4.98 Å². The van der Waals surface area contributed by atoms with E-state index in [0.717, 1.165) is 11.9 Å². The van der Waals surface area contributed by atoms with Gasteiger partial charge in [0.15, 0.2) is 0 Å². The average Bonchev–Trinajstić information content (AvgIpc) is 3.23. The SMILES string of the molecule is C[C-](C)C.C[C-](C)C.Cl.Cl.[C-]1=CC=CC1.[CH3-].[CH3-].[CH3-].[CH3-].[CH3-].[CH3-].[Si]=[Zr].[c-]1cc2ccccc2[nH]1. The van der Waals surface area contributed by atoms with Crippen molar-refractivity contribution < 1.29 is 23.3 Å². The van der Waals surface area contributed by atoms with E-state index in [9.17, 15) is 0 Å². The van der Waals surface area contributed by atoms with E-state index in [1.165, 1.54) is 40.6 Å². The van der Waals surface area contributed by atoms with Crippen LogP contribution in [0.5, 0.6) is 0 Å². The minimum atomic E-state index is 0. The van der Waals surface area contributed by atoms with Gasteiger partial charge in [-0.2, -0.15) is 59.1 Å². The first-order chi connectivity index (χ1) is 11.4. The third-order valence-corrected chi connectivity index (χ3v) is 1.98. The van der Waals surface area contributed by atoms with Crippen LogP contribution >= 0.6 is 24.8 Å². The van der Waals surface area contributed by atoms with Crippen molar-refractivity contribution in [2.24, 2.45) is 0 Å². The fourth-order valence-electron chi connectivity index (χ4n) is 1.27. The molecule has 0 bridgehead atoms. The van der Waals surface area contributed by atoms with Gasteiger partial charge in [-0.15, -0.1) is 55.1 Å². The van der Waals surface area contributed by atoms with Crippen LogP contribution in [0.4, 0.5) is 0 Å². The first-order valence-corrected chi connectivity index (χ1v) is 12.1. The Morgan fingerprint density at radius 2 is 1.22 bits per heavy atom. The zero-order valence-corrected chi connectivity index (χ0v) is 27.7. The van der Waals surface area contributed by atoms with Crippen LogP contribution in [0, 0.1) is 68.7 Å². The molecule has 1 aliphatic carbocycles. The fourth-order valence-corrected chi connectivity index (χ4v) is 1.27. The second-order valence-electron chi connectivity index (χ2n) is 6.00. The quantitative estimate of drug-likeness (QED) is 0.237. The molecule has 3 rings (SSSR count). The second kappa shape index (κ2) is 48.4. The molecule has 0 aliphatic heterocycles. The first kappa shape index (κ1) is 63.5. The minimum absolute atomic E-state index is 0. The van der Waals surface area contributed by atoms with Gasteiger partial charge in [0.25, 0.3) is 0 Å². The maximum Gasteiger partial charge on any atom is -0.0745 e. The Kier molecular flexibility index (Phi) is 96.0. The van der Waals surface area contributed by atoms with Gasteiger partial charge in [0.2, 0.25) is 0 Å². The molecule has 1 N–H and O–H groups in total. The molecule has 0 saturated heterocycles. The van der Waals surface area contributed by atoms with E-state index < -0.39 is 0 Å². The number of benzene rings is 1. The molecule has 0 atom stereocenters. The predicted molar refractivity (Wildman–Crippen MR) is 158 cm³/mol. The molecule has 1 aliphatic rings. The number of hydrogen-bond acceptors (Lipinski definition) is 0. The first-order valence-electron chi connectivity index (χ1n) is 7.87. The molecule has 0 spiro atoms. The van der Waals surface area contributed by atoms with Crippen LogP contribution in [0.1, 0.15) is 48.0 Å². The van der Waals surface area contributed by atoms with Crippen molar-refractivity contribution in [3.63, 3.8) is 0 Å². The predicted octanol–water partition coefficient (Wildman–Crippen LogP) is 9.68. The number of allylic oxidation sites excluding steroid dienone is 4. The number of nitrogens with one attached hydrogen (secondary N) is 1. The number of fused-ring (bicyclic) bond motifs is 1. The van der Waals surface area contributed by atoms with Gasteiger partial charge in [0.1, 0.15) is 0 Å². The van der Waals surface area contributed by atoms with E-state index in [1.54, 1.807) is 0 Å². The summed E-state index contributed by atoms with van der Waals surface area (Å²) in [7, 11) is 0. The number of halogens is 2. The third kappa shape index (κ3) is 52.1. The van der Waals surface area contributed by atoms with Crippen molar-refractivity contribution in [1.29, 1.82) is 0 Å². The molecule has 5 heteroatoms. The Bertz CT molecular complexity index is 516. The minimum Gasteiger partial charge on any atom is -0.477 e. The van der Waals surface area contributed by atoms with E-state index in [-0.39, 0.29) is 69.4 Å². The van der Waals surface area contributed by atoms with Crippen LogP contribution in [-0.4, -0.2) is 11.9 Å². The maximum atomic E-state index is 3.06. The molecule has 0 saturated carbocycles. The van der Waals surface area contributed by atoms with E-state index >= 15 is 0 Å². The van der Waals surface area contributed by atoms with Crippen LogP contribution in [0.25, 0.3) is 10.9 Å². The number of rotatable bonds is 0. The maximum absolute atomic E-state index is 3.06. The van der Waals surface area contributed by atoms with Gasteiger partial charge in [-0.25, -0.2) is 12.2 Å². The zero-order valence-electron chi connectivity index (χ0n) is 22.6. The summed E-state index contributed by atoms with van der Waals surface area (Å²) in [6.07, 6.45) is 12.9. The van der Waals surface area contributed by atoms with Crippen LogP contribution < -0.4 is 0 Å². The molecule has 2 radical (unpaired) electrons. The average molecular weight is 578 g/mol. The summed E-state index contributed by atoms with van der Waals surface area (Å²) < 4.78 is 0. The van der Waals surface area contributed by atoms with Crippen molar-refractivity contribution in [2.45, 2.75) is 48.0 Å². The van der Waals surface area contributed by atoms with E-state index in [0.29, 0.717) is 0 Å². The molecule has 1 aromatic heterocycles. The van der Waals surface area contributed by atoms with Crippen LogP contribution in [-0.2, 0) is 23.3 Å². The summed E-state index contributed by atoms with van der Waals surface area (Å²) in [5.74, 6) is 2.83. The largest absolute Gasteiger partial charge is 0.477 e. The third-order valence-electron chi connectivity index (χ3n) is 1.98. The number of hydrogen-bond donors (Lipinski definition) is 1. The summed E-state index contributed by atoms with van der Waals surface area (Å²) >= 11 is 1.36. The topological polar surface area (TPSA) is 15.8 Å². The van der Waals surface area contributed by atoms with E-state index in [4.69, 9.17) is 0 Å². The van der Waals surface area contributed by atoms with Crippen LogP contribution in [0.3, 0.4) is 0 Å². The summed E-state index contributed by atoms with van der Waals surface area (Å²) in [6.45, 7) is 15.6. The van der Waals surface area contributed by atoms with E-state index in [1.807, 2.05) is 36.4 Å². The van der Waals surface area contributed by atoms with Crippen molar-refractivity contribution in [3.8, 4) is 0 Å². The zero-order chi connectivity index (χ0) is 18.8. The summed E-state index contributed by atoms with van der Waals surface area (Å²) in [5.41, 5.74) is 1.15. The summed E-state index contributed by atoms with van der Waals surface area (Å²) in [5, 5.41) is 1.22. The van der Waals surface area contributed by atoms with Crippen LogP contribution in [0.15, 0.2) is 48.6 Å². The Morgan fingerprint density at radius 1 is 0.812 bits per heavy atom. The molecule has 32 heavy (non-hydrogen) atoms. The molecule has 1 nitrogen and oxygen atoms in total. The number of H-pyrrole nitrogens is 1. The van der Waals surface area contributed by atoms with Crippen molar-refractivity contribution >= 4 is 42.6 Å². The Hall–Kier alpha value is -0.0800. The molecular weight excluding hydrogens is 529 g/mol. The Labute approximate surface area is 234 Å². The Balaban J connectivity index is -0.0000000239. The van der Waals surface area contributed by atoms with E-state index in [2.05, 4.69) is 77.8 Å². The monoisotopic (exact) mass is 575 g/mol. The molecular formula is C27H49Cl2NSiZr-10. The molecule has 194 valence electrons. The van der Waals surface area contributed by atoms with Gasteiger partial charge < -0.3 is 61.4 Å². The van der Waals surface area contributed by atoms with Gasteiger partial charge in [-0.05, 0) is 0 Å². The van der Waals surface area contributed by atoms with Crippen molar-refractivity contribution in [3.05, 3.63) is 117 Å². The van der Waals surface area contributed by atoms with Crippen molar-refractivity contribution in [2.75, 3.05) is 0 Å². The Morgan fingerprint density at radius 3 is 1.50 bits per heavy atom. The number of para-hydroxylation sites is 1. The summed E-state index contributed by atoms with van der Waals surface area (Å²) in [6, 6.07) is 10.1. The molecule has 1 heterocycles. The molecule has 0 amide bonds. The number of aromatic nitrogens is 1.